The summed E-state index contributed by atoms with van der Waals surface area (Å²) in [6.07, 6.45) is 7.64. The van der Waals surface area contributed by atoms with Gasteiger partial charge in [0.05, 0.1) is 16.7 Å². The Morgan fingerprint density at radius 1 is 0.977 bits per heavy atom. The highest BCUT2D eigenvalue weighted by Crippen LogP contribution is 2.50. The van der Waals surface area contributed by atoms with Crippen LogP contribution in [0.25, 0.3) is 10.8 Å². The average molecular weight is 566 g/mol. The zero-order chi connectivity index (χ0) is 29.3. The van der Waals surface area contributed by atoms with E-state index in [1.807, 2.05) is 30.5 Å². The molecule has 212 valence electrons. The Morgan fingerprint density at radius 3 is 2.60 bits per heavy atom. The summed E-state index contributed by atoms with van der Waals surface area (Å²) < 4.78 is 6.22. The summed E-state index contributed by atoms with van der Waals surface area (Å²) in [5, 5.41) is 17.0. The van der Waals surface area contributed by atoms with Crippen molar-refractivity contribution in [2.45, 2.75) is 31.9 Å². The number of aliphatic imine (C=N–C) groups is 1. The molecule has 3 atom stereocenters. The number of aryl methyl sites for hydroxylation is 1. The van der Waals surface area contributed by atoms with Crippen molar-refractivity contribution < 1.29 is 9.66 Å². The van der Waals surface area contributed by atoms with Gasteiger partial charge in [0, 0.05) is 35.5 Å². The first-order valence-electron chi connectivity index (χ1n) is 14.6. The zero-order valence-electron chi connectivity index (χ0n) is 23.8. The van der Waals surface area contributed by atoms with E-state index < -0.39 is 4.92 Å². The van der Waals surface area contributed by atoms with E-state index in [1.54, 1.807) is 12.1 Å². The molecular weight excluding hydrogens is 534 g/mol. The van der Waals surface area contributed by atoms with Gasteiger partial charge in [-0.1, -0.05) is 72.3 Å². The van der Waals surface area contributed by atoms with Crippen LogP contribution in [0.4, 0.5) is 17.1 Å². The third kappa shape index (κ3) is 5.28. The molecule has 0 unspecified atom stereocenters. The van der Waals surface area contributed by atoms with Crippen molar-refractivity contribution in [3.8, 4) is 5.75 Å². The van der Waals surface area contributed by atoms with Crippen LogP contribution >= 0.6 is 0 Å². The number of rotatable bonds is 7. The van der Waals surface area contributed by atoms with Crippen molar-refractivity contribution in [1.29, 1.82) is 0 Å². The van der Waals surface area contributed by atoms with E-state index in [0.717, 1.165) is 34.0 Å². The molecule has 1 heterocycles. The number of non-ortho nitro benzene ring substituents is 1. The van der Waals surface area contributed by atoms with Gasteiger partial charge in [0.15, 0.2) is 0 Å². The molecule has 5 aromatic carbocycles. The van der Waals surface area contributed by atoms with Gasteiger partial charge in [-0.15, -0.1) is 0 Å². The number of nitro groups is 1. The molecule has 0 spiro atoms. The van der Waals surface area contributed by atoms with Crippen molar-refractivity contribution >= 4 is 34.0 Å². The summed E-state index contributed by atoms with van der Waals surface area (Å²) in [4.78, 5) is 15.5. The molecule has 1 N–H and O–H groups in total. The van der Waals surface area contributed by atoms with Crippen LogP contribution in [0.2, 0.25) is 0 Å². The largest absolute Gasteiger partial charge is 0.488 e. The van der Waals surface area contributed by atoms with Crippen LogP contribution in [-0.2, 0) is 6.61 Å². The Morgan fingerprint density at radius 2 is 1.79 bits per heavy atom. The van der Waals surface area contributed by atoms with Crippen LogP contribution in [0.1, 0.15) is 46.2 Å². The molecule has 5 aromatic rings. The summed E-state index contributed by atoms with van der Waals surface area (Å²) in [6, 6.07) is 34.1. The highest BCUT2D eigenvalue weighted by molar-refractivity contribution is 6.03. The van der Waals surface area contributed by atoms with E-state index in [-0.39, 0.29) is 11.7 Å². The molecular formula is C37H31N3O3. The van der Waals surface area contributed by atoms with Gasteiger partial charge in [0.25, 0.3) is 5.69 Å². The summed E-state index contributed by atoms with van der Waals surface area (Å²) in [7, 11) is 0. The number of allylic oxidation sites excluding steroid dienone is 2. The number of hydrogen-bond donors (Lipinski definition) is 1. The molecule has 6 nitrogen and oxygen atoms in total. The molecule has 0 radical (unpaired) electrons. The summed E-state index contributed by atoms with van der Waals surface area (Å²) in [6.45, 7) is 2.45. The van der Waals surface area contributed by atoms with Crippen LogP contribution in [-0.4, -0.2) is 11.1 Å². The van der Waals surface area contributed by atoms with Crippen LogP contribution < -0.4 is 10.1 Å². The Balaban J connectivity index is 1.13. The molecule has 43 heavy (non-hydrogen) atoms. The molecule has 7 rings (SSSR count). The monoisotopic (exact) mass is 565 g/mol. The Kier molecular flexibility index (Phi) is 6.95. The van der Waals surface area contributed by atoms with Gasteiger partial charge < -0.3 is 10.1 Å². The van der Waals surface area contributed by atoms with E-state index in [1.165, 1.54) is 34.5 Å². The standard InChI is InChI=1S/C37H31N3O3/c1-24-9-19-35-33(21-24)31-7-4-8-32(31)37(39-35)27-12-15-28(16-13-27)38-22-34-30-6-3-2-5-26(30)14-20-36(34)43-23-25-10-17-29(18-11-25)40(41)42/h2-7,9-22,31-32,37,39H,8,23H2,1H3/t31-,32+,37+/m1/s1. The van der Waals surface area contributed by atoms with E-state index in [0.29, 0.717) is 24.2 Å². The first-order valence-corrected chi connectivity index (χ1v) is 14.6. The number of nitrogens with one attached hydrogen (secondary N) is 1. The summed E-state index contributed by atoms with van der Waals surface area (Å²) in [5.74, 6) is 1.64. The topological polar surface area (TPSA) is 76.8 Å². The molecule has 0 saturated heterocycles. The number of fused-ring (bicyclic) bond motifs is 4. The molecule has 0 aromatic heterocycles. The smallest absolute Gasteiger partial charge is 0.269 e. The Hall–Kier alpha value is -5.23. The van der Waals surface area contributed by atoms with Crippen molar-refractivity contribution in [1.82, 2.24) is 0 Å². The number of benzene rings is 5. The highest BCUT2D eigenvalue weighted by Gasteiger charge is 2.37. The molecule has 1 aliphatic carbocycles. The molecule has 0 fully saturated rings. The number of nitrogens with zero attached hydrogens (tertiary/aromatic N) is 2. The normalized spacial score (nSPS) is 18.8. The van der Waals surface area contributed by atoms with Crippen molar-refractivity contribution in [3.63, 3.8) is 0 Å². The van der Waals surface area contributed by atoms with Gasteiger partial charge in [-0.2, -0.15) is 0 Å². The Bertz CT molecular complexity index is 1880. The number of ether oxygens (including phenoxy) is 1. The second-order valence-corrected chi connectivity index (χ2v) is 11.3. The molecule has 1 aliphatic heterocycles. The van der Waals surface area contributed by atoms with Gasteiger partial charge in [-0.05, 0) is 83.1 Å². The van der Waals surface area contributed by atoms with Gasteiger partial charge >= 0.3 is 0 Å². The number of anilines is 1. The first kappa shape index (κ1) is 26.7. The average Bonchev–Trinajstić information content (AvgIpc) is 3.54. The molecule has 0 amide bonds. The predicted octanol–water partition coefficient (Wildman–Crippen LogP) is 9.21. The molecule has 0 saturated carbocycles. The third-order valence-corrected chi connectivity index (χ3v) is 8.59. The fourth-order valence-corrected chi connectivity index (χ4v) is 6.36. The summed E-state index contributed by atoms with van der Waals surface area (Å²) in [5.41, 5.74) is 7.86. The van der Waals surface area contributed by atoms with Crippen LogP contribution in [0.3, 0.4) is 0 Å². The lowest BCUT2D eigenvalue weighted by molar-refractivity contribution is -0.384. The van der Waals surface area contributed by atoms with Gasteiger partial charge in [-0.25, -0.2) is 0 Å². The van der Waals surface area contributed by atoms with E-state index in [2.05, 4.69) is 79.0 Å². The lowest BCUT2D eigenvalue weighted by Gasteiger charge is -2.37. The maximum atomic E-state index is 11.0. The van der Waals surface area contributed by atoms with Crippen LogP contribution in [0.15, 0.2) is 120 Å². The lowest BCUT2D eigenvalue weighted by atomic mass is 9.76. The first-order chi connectivity index (χ1) is 21.0. The fourth-order valence-electron chi connectivity index (χ4n) is 6.36. The minimum atomic E-state index is -0.400. The fraction of sp³-hybridized carbons (Fsp3) is 0.162. The highest BCUT2D eigenvalue weighted by atomic mass is 16.6. The zero-order valence-corrected chi connectivity index (χ0v) is 23.8. The van der Waals surface area contributed by atoms with Crippen molar-refractivity contribution in [2.75, 3.05) is 5.32 Å². The maximum absolute atomic E-state index is 11.0. The SMILES string of the molecule is Cc1ccc2c(c1)[C@@H]1C=CC[C@@H]1[C@H](c1ccc(N=Cc3c(OCc4ccc([N+](=O)[O-])cc4)ccc4ccccc34)cc1)N2. The maximum Gasteiger partial charge on any atom is 0.269 e. The van der Waals surface area contributed by atoms with E-state index >= 15 is 0 Å². The lowest BCUT2D eigenvalue weighted by Crippen LogP contribution is -2.29. The number of nitro benzene ring substituents is 1. The van der Waals surface area contributed by atoms with Crippen molar-refractivity contribution in [2.24, 2.45) is 10.9 Å². The van der Waals surface area contributed by atoms with Gasteiger partial charge in [-0.3, -0.25) is 15.1 Å². The summed E-state index contributed by atoms with van der Waals surface area (Å²) >= 11 is 0. The van der Waals surface area contributed by atoms with E-state index in [9.17, 15) is 10.1 Å². The molecule has 6 heteroatoms. The van der Waals surface area contributed by atoms with Crippen molar-refractivity contribution in [3.05, 3.63) is 153 Å². The van der Waals surface area contributed by atoms with Crippen LogP contribution in [0.5, 0.6) is 5.75 Å². The number of hydrogen-bond acceptors (Lipinski definition) is 5. The van der Waals surface area contributed by atoms with Crippen LogP contribution in [0, 0.1) is 23.0 Å². The Labute approximate surface area is 250 Å². The quantitative estimate of drug-likeness (QED) is 0.0924. The second kappa shape index (κ2) is 11.2. The van der Waals surface area contributed by atoms with Gasteiger partial charge in [0.2, 0.25) is 0 Å². The molecule has 0 bridgehead atoms. The van der Waals surface area contributed by atoms with Gasteiger partial charge in [0.1, 0.15) is 12.4 Å². The minimum absolute atomic E-state index is 0.0622. The molecule has 2 aliphatic rings. The predicted molar refractivity (Wildman–Crippen MR) is 173 cm³/mol. The van der Waals surface area contributed by atoms with E-state index in [4.69, 9.17) is 9.73 Å². The third-order valence-electron chi connectivity index (χ3n) is 8.59. The second-order valence-electron chi connectivity index (χ2n) is 11.3. The minimum Gasteiger partial charge on any atom is -0.488 e.